The number of anilines is 1. The van der Waals surface area contributed by atoms with Gasteiger partial charge in [0.2, 0.25) is 11.8 Å². The van der Waals surface area contributed by atoms with Crippen LogP contribution in [0.15, 0.2) is 89.4 Å². The number of hydrogen-bond donors (Lipinski definition) is 0. The Bertz CT molecular complexity index is 1430. The smallest absolute Gasteiger partial charge is 0.239 e. The Kier molecular flexibility index (Phi) is 5.20. The number of hydrogen-bond acceptors (Lipinski definition) is 3. The van der Waals surface area contributed by atoms with E-state index in [0.29, 0.717) is 12.1 Å². The van der Waals surface area contributed by atoms with Gasteiger partial charge in [0.05, 0.1) is 28.4 Å². The maximum absolute atomic E-state index is 14.6. The first-order chi connectivity index (χ1) is 17.4. The minimum atomic E-state index is -1.09. The molecule has 0 aromatic heterocycles. The van der Waals surface area contributed by atoms with Crippen molar-refractivity contribution >= 4 is 50.4 Å². The fraction of sp³-hybridized carbons (Fsp3) is 0.258. The number of fused-ring (bicyclic) bond motifs is 5. The highest BCUT2D eigenvalue weighted by Gasteiger charge is 2.79. The second kappa shape index (κ2) is 8.10. The van der Waals surface area contributed by atoms with E-state index >= 15 is 0 Å². The second-order valence-corrected chi connectivity index (χ2v) is 11.1. The molecule has 180 valence electrons. The first kappa shape index (κ1) is 23.1. The quantitative estimate of drug-likeness (QED) is 0.345. The first-order valence-corrected chi connectivity index (χ1v) is 13.2. The molecule has 3 aliphatic rings. The summed E-state index contributed by atoms with van der Waals surface area (Å²) in [5.74, 6) is -1.97. The fourth-order valence-corrected chi connectivity index (χ4v) is 7.47. The van der Waals surface area contributed by atoms with Crippen molar-refractivity contribution in [2.45, 2.75) is 26.7 Å². The minimum absolute atomic E-state index is 0.0155. The maximum atomic E-state index is 14.6. The number of ketones is 1. The number of Topliss-reactive ketones (excluding diaryl/α,β-unsaturated/α-hetero) is 1. The van der Waals surface area contributed by atoms with Crippen LogP contribution in [0.4, 0.5) is 5.69 Å². The Balaban J connectivity index is 1.65. The lowest BCUT2D eigenvalue weighted by Crippen LogP contribution is -2.41. The first-order valence-electron chi connectivity index (χ1n) is 12.4. The molecule has 2 fully saturated rings. The van der Waals surface area contributed by atoms with E-state index in [4.69, 9.17) is 0 Å². The SMILES string of the molecule is CCC[C@@]12C(=O)[C@@](C)(C(c3ccccc3)=C1c1ccccc1)[C@@H]1C(=O)N(c3ccc(Br)cc3)C(=O)[C@@H]12. The van der Waals surface area contributed by atoms with Gasteiger partial charge >= 0.3 is 0 Å². The molecule has 5 heteroatoms. The number of nitrogens with zero attached hydrogens (tertiary/aromatic N) is 1. The van der Waals surface area contributed by atoms with Gasteiger partial charge in [-0.15, -0.1) is 0 Å². The standard InChI is InChI=1S/C31H26BrNO3/c1-3-18-31-24(20-12-8-5-9-13-20)23(19-10-6-4-7-11-19)30(2,29(31)36)25-26(31)28(35)33(27(25)34)22-16-14-21(32)15-17-22/h4-17,25-26H,3,18H2,1-2H3/t25-,26+,30-,31+/m0/s1. The highest BCUT2D eigenvalue weighted by Crippen LogP contribution is 2.74. The molecule has 6 rings (SSSR count). The van der Waals surface area contributed by atoms with Gasteiger partial charge in [-0.05, 0) is 59.9 Å². The molecule has 2 bridgehead atoms. The summed E-state index contributed by atoms with van der Waals surface area (Å²) in [6, 6.07) is 27.1. The third-order valence-corrected chi connectivity index (χ3v) is 8.93. The zero-order valence-electron chi connectivity index (χ0n) is 20.2. The Labute approximate surface area is 219 Å². The zero-order valence-corrected chi connectivity index (χ0v) is 21.8. The van der Waals surface area contributed by atoms with E-state index in [0.717, 1.165) is 33.2 Å². The van der Waals surface area contributed by atoms with Crippen molar-refractivity contribution in [3.05, 3.63) is 101 Å². The number of imide groups is 1. The molecular formula is C31H26BrNO3. The topological polar surface area (TPSA) is 54.5 Å². The summed E-state index contributed by atoms with van der Waals surface area (Å²) in [5, 5.41) is 0. The minimum Gasteiger partial charge on any atom is -0.298 e. The summed E-state index contributed by atoms with van der Waals surface area (Å²) in [5.41, 5.74) is 2.11. The lowest BCUT2D eigenvalue weighted by molar-refractivity contribution is -0.134. The molecule has 0 radical (unpaired) electrons. The highest BCUT2D eigenvalue weighted by atomic mass is 79.9. The third-order valence-electron chi connectivity index (χ3n) is 8.41. The molecule has 1 heterocycles. The number of halogens is 1. The molecule has 0 spiro atoms. The van der Waals surface area contributed by atoms with Crippen molar-refractivity contribution in [3.63, 3.8) is 0 Å². The van der Waals surface area contributed by atoms with Gasteiger partial charge < -0.3 is 0 Å². The molecule has 0 N–H and O–H groups in total. The number of carbonyl (C=O) groups is 3. The van der Waals surface area contributed by atoms with Gasteiger partial charge in [-0.3, -0.25) is 14.4 Å². The number of allylic oxidation sites excluding steroid dienone is 2. The van der Waals surface area contributed by atoms with E-state index in [-0.39, 0.29) is 17.6 Å². The van der Waals surface area contributed by atoms with Crippen molar-refractivity contribution < 1.29 is 14.4 Å². The highest BCUT2D eigenvalue weighted by molar-refractivity contribution is 9.10. The van der Waals surface area contributed by atoms with Crippen molar-refractivity contribution in [2.24, 2.45) is 22.7 Å². The van der Waals surface area contributed by atoms with E-state index in [1.807, 2.05) is 86.6 Å². The van der Waals surface area contributed by atoms with Gasteiger partial charge in [0.15, 0.2) is 5.78 Å². The van der Waals surface area contributed by atoms with Gasteiger partial charge in [-0.25, -0.2) is 4.90 Å². The average molecular weight is 540 g/mol. The predicted octanol–water partition coefficient (Wildman–Crippen LogP) is 6.55. The van der Waals surface area contributed by atoms with Crippen LogP contribution in [-0.4, -0.2) is 17.6 Å². The van der Waals surface area contributed by atoms with Crippen LogP contribution in [0.1, 0.15) is 37.8 Å². The number of benzene rings is 3. The Morgan fingerprint density at radius 1 is 0.750 bits per heavy atom. The molecule has 2 aliphatic carbocycles. The van der Waals surface area contributed by atoms with Crippen LogP contribution in [0.25, 0.3) is 11.1 Å². The van der Waals surface area contributed by atoms with Crippen LogP contribution in [0, 0.1) is 22.7 Å². The molecule has 0 unspecified atom stereocenters. The fourth-order valence-electron chi connectivity index (χ4n) is 7.20. The zero-order chi connectivity index (χ0) is 25.2. The molecular weight excluding hydrogens is 514 g/mol. The predicted molar refractivity (Wildman–Crippen MR) is 144 cm³/mol. The number of rotatable bonds is 5. The van der Waals surface area contributed by atoms with E-state index in [1.165, 1.54) is 4.90 Å². The lowest BCUT2D eigenvalue weighted by Gasteiger charge is -2.37. The molecule has 4 nitrogen and oxygen atoms in total. The Morgan fingerprint density at radius 2 is 1.28 bits per heavy atom. The molecule has 4 atom stereocenters. The van der Waals surface area contributed by atoms with E-state index in [2.05, 4.69) is 15.9 Å². The Hall–Kier alpha value is -3.31. The van der Waals surface area contributed by atoms with Gasteiger partial charge in [0, 0.05) is 4.47 Å². The van der Waals surface area contributed by atoms with Gasteiger partial charge in [0.25, 0.3) is 0 Å². The van der Waals surface area contributed by atoms with Crippen LogP contribution in [0.2, 0.25) is 0 Å². The van der Waals surface area contributed by atoms with E-state index in [9.17, 15) is 14.4 Å². The molecule has 3 aromatic carbocycles. The van der Waals surface area contributed by atoms with Crippen molar-refractivity contribution in [1.82, 2.24) is 0 Å². The summed E-state index contributed by atoms with van der Waals surface area (Å²) in [6.45, 7) is 3.95. The molecule has 36 heavy (non-hydrogen) atoms. The molecule has 1 saturated heterocycles. The van der Waals surface area contributed by atoms with Crippen LogP contribution in [0.5, 0.6) is 0 Å². The van der Waals surface area contributed by atoms with Gasteiger partial charge in [-0.2, -0.15) is 0 Å². The van der Waals surface area contributed by atoms with Crippen LogP contribution < -0.4 is 4.90 Å². The average Bonchev–Trinajstić information content (AvgIpc) is 3.36. The Morgan fingerprint density at radius 3 is 1.83 bits per heavy atom. The molecule has 1 aliphatic heterocycles. The van der Waals surface area contributed by atoms with Crippen LogP contribution >= 0.6 is 15.9 Å². The molecule has 3 aromatic rings. The largest absolute Gasteiger partial charge is 0.298 e. The van der Waals surface area contributed by atoms with Crippen molar-refractivity contribution in [1.29, 1.82) is 0 Å². The normalized spacial score (nSPS) is 28.9. The number of amides is 2. The second-order valence-electron chi connectivity index (χ2n) is 10.2. The monoisotopic (exact) mass is 539 g/mol. The summed E-state index contributed by atoms with van der Waals surface area (Å²) < 4.78 is 0.870. The summed E-state index contributed by atoms with van der Waals surface area (Å²) in [7, 11) is 0. The summed E-state index contributed by atoms with van der Waals surface area (Å²) in [6.07, 6.45) is 1.25. The van der Waals surface area contributed by atoms with Crippen LogP contribution in [0.3, 0.4) is 0 Å². The third kappa shape index (κ3) is 2.78. The maximum Gasteiger partial charge on any atom is 0.239 e. The summed E-state index contributed by atoms with van der Waals surface area (Å²) in [4.78, 5) is 44.2. The molecule has 2 amide bonds. The molecule has 1 saturated carbocycles. The van der Waals surface area contributed by atoms with Crippen molar-refractivity contribution in [2.75, 3.05) is 4.90 Å². The van der Waals surface area contributed by atoms with Crippen LogP contribution in [-0.2, 0) is 14.4 Å². The van der Waals surface area contributed by atoms with Gasteiger partial charge in [-0.1, -0.05) is 89.9 Å². The van der Waals surface area contributed by atoms with E-state index < -0.39 is 22.7 Å². The lowest BCUT2D eigenvalue weighted by atomic mass is 9.61. The van der Waals surface area contributed by atoms with Crippen molar-refractivity contribution in [3.8, 4) is 0 Å². The number of carbonyl (C=O) groups excluding carboxylic acids is 3. The van der Waals surface area contributed by atoms with Gasteiger partial charge in [0.1, 0.15) is 0 Å². The van der Waals surface area contributed by atoms with E-state index in [1.54, 1.807) is 12.1 Å². The summed E-state index contributed by atoms with van der Waals surface area (Å²) >= 11 is 3.44.